The van der Waals surface area contributed by atoms with E-state index in [0.29, 0.717) is 0 Å². The van der Waals surface area contributed by atoms with E-state index >= 15 is 0 Å². The van der Waals surface area contributed by atoms with E-state index in [2.05, 4.69) is 203 Å². The predicted octanol–water partition coefficient (Wildman–Crippen LogP) is 13.3. The predicted molar refractivity (Wildman–Crippen MR) is 227 cm³/mol. The van der Waals surface area contributed by atoms with Gasteiger partial charge in [0.1, 0.15) is 0 Å². The molecule has 0 bridgehead atoms. The highest BCUT2D eigenvalue weighted by Gasteiger charge is 2.38. The van der Waals surface area contributed by atoms with Crippen LogP contribution in [0.4, 0.5) is 0 Å². The number of aromatic nitrogens is 3. The zero-order chi connectivity index (χ0) is 35.7. The van der Waals surface area contributed by atoms with Gasteiger partial charge in [0.2, 0.25) is 0 Å². The number of benzene rings is 8. The second kappa shape index (κ2) is 10.6. The fourth-order valence-corrected chi connectivity index (χ4v) is 9.93. The molecule has 0 aliphatic heterocycles. The zero-order valence-corrected chi connectivity index (χ0v) is 30.1. The lowest BCUT2D eigenvalue weighted by Gasteiger charge is -2.22. The molecule has 0 fully saturated rings. The lowest BCUT2D eigenvalue weighted by atomic mass is 9.80. The maximum atomic E-state index is 2.49. The molecule has 0 saturated carbocycles. The van der Waals surface area contributed by atoms with Crippen molar-refractivity contribution < 1.29 is 0 Å². The average molecular weight is 690 g/mol. The molecule has 12 rings (SSSR count). The average Bonchev–Trinajstić information content (AvgIpc) is 3.91. The Morgan fingerprint density at radius 3 is 1.57 bits per heavy atom. The quantitative estimate of drug-likeness (QED) is 0.175. The van der Waals surface area contributed by atoms with E-state index in [4.69, 9.17) is 0 Å². The second-order valence-corrected chi connectivity index (χ2v) is 15.4. The van der Waals surface area contributed by atoms with E-state index < -0.39 is 0 Å². The minimum atomic E-state index is -0.113. The van der Waals surface area contributed by atoms with Crippen molar-refractivity contribution in [3.63, 3.8) is 0 Å². The molecule has 1 aliphatic carbocycles. The van der Waals surface area contributed by atoms with Crippen LogP contribution in [0.2, 0.25) is 0 Å². The first-order chi connectivity index (χ1) is 26.6. The van der Waals surface area contributed by atoms with Crippen LogP contribution >= 0.6 is 0 Å². The Morgan fingerprint density at radius 2 is 0.852 bits per heavy atom. The number of nitrogens with zero attached hydrogens (tertiary/aromatic N) is 3. The zero-order valence-electron chi connectivity index (χ0n) is 30.1. The third-order valence-electron chi connectivity index (χ3n) is 12.2. The molecule has 0 radical (unpaired) electrons. The van der Waals surface area contributed by atoms with E-state index in [0.717, 1.165) is 11.4 Å². The highest BCUT2D eigenvalue weighted by Crippen LogP contribution is 2.53. The van der Waals surface area contributed by atoms with Gasteiger partial charge in [-0.2, -0.15) is 0 Å². The molecule has 0 unspecified atom stereocenters. The van der Waals surface area contributed by atoms with E-state index in [9.17, 15) is 0 Å². The van der Waals surface area contributed by atoms with E-state index in [1.807, 2.05) is 0 Å². The van der Waals surface area contributed by atoms with Crippen molar-refractivity contribution in [2.24, 2.45) is 0 Å². The molecule has 3 aromatic heterocycles. The van der Waals surface area contributed by atoms with Gasteiger partial charge in [-0.15, -0.1) is 0 Å². The third-order valence-corrected chi connectivity index (χ3v) is 12.2. The summed E-state index contributed by atoms with van der Waals surface area (Å²) in [4.78, 5) is 0. The molecule has 1 aliphatic rings. The summed E-state index contributed by atoms with van der Waals surface area (Å²) in [6, 6.07) is 64.9. The summed E-state index contributed by atoms with van der Waals surface area (Å²) in [5, 5.41) is 7.66. The SMILES string of the molecule is CC1(C)c2ccccc2-c2ccc3c(c21)c1ccccc1n3-c1ccc2c(c1)c1cc3c4ccccc4n(-c4ccccc4)c3cc1n2-c1ccccc1. The lowest BCUT2D eigenvalue weighted by molar-refractivity contribution is 0.666. The first-order valence-electron chi connectivity index (χ1n) is 18.9. The summed E-state index contributed by atoms with van der Waals surface area (Å²) >= 11 is 0. The number of para-hydroxylation sites is 4. The van der Waals surface area contributed by atoms with Crippen molar-refractivity contribution >= 4 is 65.4 Å². The molecule has 11 aromatic rings. The fourth-order valence-electron chi connectivity index (χ4n) is 9.93. The Morgan fingerprint density at radius 1 is 0.333 bits per heavy atom. The fraction of sp³-hybridized carbons (Fsp3) is 0.0588. The van der Waals surface area contributed by atoms with Crippen molar-refractivity contribution in [2.75, 3.05) is 0 Å². The minimum Gasteiger partial charge on any atom is -0.309 e. The molecule has 0 amide bonds. The summed E-state index contributed by atoms with van der Waals surface area (Å²) in [6.07, 6.45) is 0. The third kappa shape index (κ3) is 3.80. The van der Waals surface area contributed by atoms with Crippen LogP contribution in [0.5, 0.6) is 0 Å². The Labute approximate surface area is 312 Å². The van der Waals surface area contributed by atoms with Crippen molar-refractivity contribution in [2.45, 2.75) is 19.3 Å². The van der Waals surface area contributed by atoms with Crippen molar-refractivity contribution in [1.82, 2.24) is 13.7 Å². The van der Waals surface area contributed by atoms with Crippen molar-refractivity contribution in [1.29, 1.82) is 0 Å². The van der Waals surface area contributed by atoms with Gasteiger partial charge >= 0.3 is 0 Å². The summed E-state index contributed by atoms with van der Waals surface area (Å²) in [6.45, 7) is 4.78. The Bertz CT molecular complexity index is 3340. The van der Waals surface area contributed by atoms with Crippen LogP contribution in [0.25, 0.3) is 93.6 Å². The molecular weight excluding hydrogens is 655 g/mol. The van der Waals surface area contributed by atoms with Gasteiger partial charge in [0.15, 0.2) is 0 Å². The van der Waals surface area contributed by atoms with E-state index in [1.165, 1.54) is 93.4 Å². The standard InChI is InChI=1S/C51H35N3/c1-51(2)42-22-12-9-19-35(42)37-26-28-46-49(50(37)51)38-21-11-14-24-44(38)54(46)34-25-27-45-39(29-34)41-30-40-36-20-10-13-23-43(36)52(32-15-5-3-6-16-32)47(40)31-48(41)53(45)33-17-7-4-8-18-33/h3-31H,1-2H3. The lowest BCUT2D eigenvalue weighted by Crippen LogP contribution is -2.15. The summed E-state index contributed by atoms with van der Waals surface area (Å²) in [5.74, 6) is 0. The maximum absolute atomic E-state index is 2.49. The molecule has 3 heteroatoms. The molecule has 0 N–H and O–H groups in total. The van der Waals surface area contributed by atoms with Gasteiger partial charge in [-0.05, 0) is 95.1 Å². The van der Waals surface area contributed by atoms with Crippen LogP contribution in [0.15, 0.2) is 176 Å². The Balaban J connectivity index is 1.19. The largest absolute Gasteiger partial charge is 0.309 e. The highest BCUT2D eigenvalue weighted by atomic mass is 15.0. The van der Waals surface area contributed by atoms with Crippen molar-refractivity contribution in [3.8, 4) is 28.2 Å². The summed E-state index contributed by atoms with van der Waals surface area (Å²) < 4.78 is 7.35. The number of fused-ring (bicyclic) bond motifs is 13. The normalized spacial score (nSPS) is 13.5. The van der Waals surface area contributed by atoms with Gasteiger partial charge in [-0.25, -0.2) is 0 Å². The summed E-state index contributed by atoms with van der Waals surface area (Å²) in [7, 11) is 0. The van der Waals surface area contributed by atoms with Crippen LogP contribution in [-0.4, -0.2) is 13.7 Å². The van der Waals surface area contributed by atoms with Gasteiger partial charge in [-0.3, -0.25) is 0 Å². The monoisotopic (exact) mass is 689 g/mol. The number of rotatable bonds is 3. The molecule has 0 spiro atoms. The van der Waals surface area contributed by atoms with Crippen LogP contribution < -0.4 is 0 Å². The molecule has 0 saturated heterocycles. The molecule has 254 valence electrons. The van der Waals surface area contributed by atoms with Gasteiger partial charge in [-0.1, -0.05) is 117 Å². The first-order valence-corrected chi connectivity index (χ1v) is 18.9. The molecule has 3 nitrogen and oxygen atoms in total. The highest BCUT2D eigenvalue weighted by molar-refractivity contribution is 6.20. The van der Waals surface area contributed by atoms with E-state index in [-0.39, 0.29) is 5.41 Å². The van der Waals surface area contributed by atoms with Gasteiger partial charge in [0, 0.05) is 54.8 Å². The first kappa shape index (κ1) is 29.7. The van der Waals surface area contributed by atoms with Crippen LogP contribution in [-0.2, 0) is 5.41 Å². The van der Waals surface area contributed by atoms with Gasteiger partial charge < -0.3 is 13.7 Å². The Kier molecular flexibility index (Phi) is 5.84. The maximum Gasteiger partial charge on any atom is 0.0562 e. The van der Waals surface area contributed by atoms with Crippen molar-refractivity contribution in [3.05, 3.63) is 187 Å². The smallest absolute Gasteiger partial charge is 0.0562 e. The molecular formula is C51H35N3. The second-order valence-electron chi connectivity index (χ2n) is 15.4. The molecule has 54 heavy (non-hydrogen) atoms. The summed E-state index contributed by atoms with van der Waals surface area (Å²) in [5.41, 5.74) is 16.2. The minimum absolute atomic E-state index is 0.113. The number of hydrogen-bond acceptors (Lipinski definition) is 0. The number of hydrogen-bond donors (Lipinski definition) is 0. The Hall–Kier alpha value is -6.84. The van der Waals surface area contributed by atoms with Crippen LogP contribution in [0, 0.1) is 0 Å². The van der Waals surface area contributed by atoms with Gasteiger partial charge in [0.05, 0.1) is 33.1 Å². The van der Waals surface area contributed by atoms with E-state index in [1.54, 1.807) is 0 Å². The van der Waals surface area contributed by atoms with Crippen LogP contribution in [0.3, 0.4) is 0 Å². The topological polar surface area (TPSA) is 14.8 Å². The van der Waals surface area contributed by atoms with Gasteiger partial charge in [0.25, 0.3) is 0 Å². The molecule has 0 atom stereocenters. The molecule has 8 aromatic carbocycles. The molecule has 3 heterocycles. The van der Waals surface area contributed by atoms with Crippen LogP contribution in [0.1, 0.15) is 25.0 Å².